The van der Waals surface area contributed by atoms with Crippen molar-refractivity contribution in [3.8, 4) is 11.3 Å². The summed E-state index contributed by atoms with van der Waals surface area (Å²) < 4.78 is 47.2. The minimum Gasteiger partial charge on any atom is -0.379 e. The number of carbonyl (C=O) groups is 1. The van der Waals surface area contributed by atoms with Crippen molar-refractivity contribution in [2.75, 3.05) is 32.8 Å². The summed E-state index contributed by atoms with van der Waals surface area (Å²) in [6.07, 6.45) is 1.35. The van der Waals surface area contributed by atoms with Crippen LogP contribution in [0.5, 0.6) is 0 Å². The molecule has 0 bridgehead atoms. The fraction of sp³-hybridized carbons (Fsp3) is 0.375. The number of amides is 1. The Bertz CT molecular complexity index is 1130. The lowest BCUT2D eigenvalue weighted by atomic mass is 9.74. The first-order valence-electron chi connectivity index (χ1n) is 10.8. The summed E-state index contributed by atoms with van der Waals surface area (Å²) in [6.45, 7) is 3.11. The van der Waals surface area contributed by atoms with Crippen LogP contribution in [0.3, 0.4) is 0 Å². The van der Waals surface area contributed by atoms with E-state index in [2.05, 4.69) is 15.2 Å². The van der Waals surface area contributed by atoms with Gasteiger partial charge in [-0.05, 0) is 60.2 Å². The zero-order valence-electron chi connectivity index (χ0n) is 17.5. The number of aromatic amines is 1. The third-order valence-electron chi connectivity index (χ3n) is 6.38. The number of carbonyl (C=O) groups excluding carboxylic acids is 1. The van der Waals surface area contributed by atoms with E-state index in [1.165, 1.54) is 18.2 Å². The predicted molar refractivity (Wildman–Crippen MR) is 115 cm³/mol. The highest BCUT2D eigenvalue weighted by atomic mass is 19.1. The molecule has 8 heteroatoms. The molecule has 2 aliphatic rings. The van der Waals surface area contributed by atoms with Crippen LogP contribution in [-0.2, 0) is 9.53 Å². The molecule has 32 heavy (non-hydrogen) atoms. The largest absolute Gasteiger partial charge is 0.379 e. The van der Waals surface area contributed by atoms with Crippen molar-refractivity contribution in [1.29, 1.82) is 0 Å². The maximum atomic E-state index is 14.5. The van der Waals surface area contributed by atoms with Gasteiger partial charge in [0, 0.05) is 30.6 Å². The molecule has 2 heterocycles. The Hall–Kier alpha value is -2.84. The van der Waals surface area contributed by atoms with Crippen LogP contribution >= 0.6 is 0 Å². The number of benzene rings is 2. The van der Waals surface area contributed by atoms with E-state index < -0.39 is 11.6 Å². The first-order valence-corrected chi connectivity index (χ1v) is 10.8. The van der Waals surface area contributed by atoms with Crippen molar-refractivity contribution in [1.82, 2.24) is 15.2 Å². The normalized spacial score (nSPS) is 21.5. The number of hydrogen-bond donors (Lipinski definition) is 2. The third-order valence-corrected chi connectivity index (χ3v) is 6.38. The van der Waals surface area contributed by atoms with Gasteiger partial charge in [0.2, 0.25) is 5.91 Å². The van der Waals surface area contributed by atoms with Gasteiger partial charge in [0.05, 0.1) is 31.0 Å². The molecule has 5 rings (SSSR count). The minimum absolute atomic E-state index is 0.0120. The van der Waals surface area contributed by atoms with Gasteiger partial charge in [-0.2, -0.15) is 0 Å². The Labute approximate surface area is 183 Å². The van der Waals surface area contributed by atoms with Crippen LogP contribution in [0.2, 0.25) is 0 Å². The summed E-state index contributed by atoms with van der Waals surface area (Å²) >= 11 is 0. The molecule has 2 aromatic carbocycles. The molecule has 5 nitrogen and oxygen atoms in total. The van der Waals surface area contributed by atoms with Crippen molar-refractivity contribution in [3.63, 3.8) is 0 Å². The Balaban J connectivity index is 1.36. The van der Waals surface area contributed by atoms with Crippen molar-refractivity contribution in [3.05, 3.63) is 59.4 Å². The number of H-pyrrole nitrogens is 1. The van der Waals surface area contributed by atoms with Gasteiger partial charge in [0.25, 0.3) is 0 Å². The van der Waals surface area contributed by atoms with E-state index in [0.29, 0.717) is 49.2 Å². The fourth-order valence-corrected chi connectivity index (χ4v) is 4.72. The van der Waals surface area contributed by atoms with Gasteiger partial charge in [-0.3, -0.25) is 9.69 Å². The topological polar surface area (TPSA) is 57.4 Å². The Morgan fingerprint density at radius 1 is 1.06 bits per heavy atom. The number of morpholine rings is 1. The fourth-order valence-electron chi connectivity index (χ4n) is 4.72. The predicted octanol–water partition coefficient (Wildman–Crippen LogP) is 3.95. The average molecular weight is 443 g/mol. The van der Waals surface area contributed by atoms with Crippen LogP contribution in [-0.4, -0.2) is 54.7 Å². The number of aromatic nitrogens is 1. The Morgan fingerprint density at radius 3 is 2.50 bits per heavy atom. The van der Waals surface area contributed by atoms with Gasteiger partial charge in [0.15, 0.2) is 0 Å². The lowest BCUT2D eigenvalue weighted by molar-refractivity contribution is -0.124. The number of hydrogen-bond acceptors (Lipinski definition) is 3. The Morgan fingerprint density at radius 2 is 1.78 bits per heavy atom. The first kappa shape index (κ1) is 21.0. The van der Waals surface area contributed by atoms with E-state index >= 15 is 0 Å². The van der Waals surface area contributed by atoms with Gasteiger partial charge in [-0.1, -0.05) is 0 Å². The van der Waals surface area contributed by atoms with E-state index in [0.717, 1.165) is 24.7 Å². The highest BCUT2D eigenvalue weighted by molar-refractivity contribution is 5.92. The molecule has 1 aromatic heterocycles. The number of halogens is 3. The monoisotopic (exact) mass is 443 g/mol. The van der Waals surface area contributed by atoms with E-state index in [-0.39, 0.29) is 29.2 Å². The Kier molecular flexibility index (Phi) is 5.65. The van der Waals surface area contributed by atoms with Crippen molar-refractivity contribution >= 4 is 16.8 Å². The summed E-state index contributed by atoms with van der Waals surface area (Å²) in [5.74, 6) is -1.67. The van der Waals surface area contributed by atoms with Crippen LogP contribution in [0.15, 0.2) is 36.4 Å². The van der Waals surface area contributed by atoms with Crippen LogP contribution in [0.1, 0.15) is 24.3 Å². The van der Waals surface area contributed by atoms with Crippen molar-refractivity contribution in [2.45, 2.75) is 24.8 Å². The van der Waals surface area contributed by atoms with E-state index in [9.17, 15) is 18.0 Å². The molecule has 2 N–H and O–H groups in total. The average Bonchev–Trinajstić information content (AvgIpc) is 3.11. The molecule has 1 saturated heterocycles. The molecular formula is C24H24F3N3O2. The van der Waals surface area contributed by atoms with Gasteiger partial charge in [0.1, 0.15) is 17.5 Å². The summed E-state index contributed by atoms with van der Waals surface area (Å²) in [7, 11) is 0. The summed E-state index contributed by atoms with van der Waals surface area (Å²) in [5, 5.41) is 3.55. The second-order valence-electron chi connectivity index (χ2n) is 8.55. The standard InChI is InChI=1S/C24H24F3N3O2/c25-16-3-1-14(2-4-16)23-22(19-11-17(26)12-20(27)24(19)29-23)15-9-18(10-15)28-21(31)13-30-5-7-32-8-6-30/h1-4,11-12,15,18,29H,5-10,13H2,(H,28,31). The number of ether oxygens (including phenoxy) is 1. The molecule has 0 unspecified atom stereocenters. The van der Waals surface area contributed by atoms with Crippen molar-refractivity contribution < 1.29 is 22.7 Å². The summed E-state index contributed by atoms with van der Waals surface area (Å²) in [6, 6.07) is 8.14. The SMILES string of the molecule is O=C(CN1CCOCC1)NC1CC(c2c(-c3ccc(F)cc3)[nH]c3c(F)cc(F)cc23)C1. The molecule has 1 saturated carbocycles. The smallest absolute Gasteiger partial charge is 0.234 e. The lowest BCUT2D eigenvalue weighted by Crippen LogP contribution is -2.49. The molecule has 0 radical (unpaired) electrons. The van der Waals surface area contributed by atoms with Gasteiger partial charge in [-0.25, -0.2) is 13.2 Å². The molecule has 2 fully saturated rings. The van der Waals surface area contributed by atoms with E-state index in [1.54, 1.807) is 12.1 Å². The van der Waals surface area contributed by atoms with Crippen molar-refractivity contribution in [2.24, 2.45) is 0 Å². The molecule has 0 spiro atoms. The highest BCUT2D eigenvalue weighted by Gasteiger charge is 2.35. The van der Waals surface area contributed by atoms with Crippen LogP contribution in [0.4, 0.5) is 13.2 Å². The van der Waals surface area contributed by atoms with Crippen LogP contribution in [0.25, 0.3) is 22.2 Å². The number of nitrogens with one attached hydrogen (secondary N) is 2. The quantitative estimate of drug-likeness (QED) is 0.628. The zero-order chi connectivity index (χ0) is 22.2. The maximum Gasteiger partial charge on any atom is 0.234 e. The molecule has 0 atom stereocenters. The summed E-state index contributed by atoms with van der Waals surface area (Å²) in [4.78, 5) is 17.5. The molecule has 168 valence electrons. The molecule has 1 amide bonds. The third kappa shape index (κ3) is 4.12. The molecule has 3 aromatic rings. The van der Waals surface area contributed by atoms with Gasteiger partial charge >= 0.3 is 0 Å². The molecule has 1 aliphatic carbocycles. The first-order chi connectivity index (χ1) is 15.5. The maximum absolute atomic E-state index is 14.5. The van der Waals surface area contributed by atoms with Crippen LogP contribution < -0.4 is 5.32 Å². The van der Waals surface area contributed by atoms with Gasteiger partial charge < -0.3 is 15.0 Å². The highest BCUT2D eigenvalue weighted by Crippen LogP contribution is 2.45. The number of fused-ring (bicyclic) bond motifs is 1. The molecule has 1 aliphatic heterocycles. The van der Waals surface area contributed by atoms with Crippen LogP contribution in [0, 0.1) is 17.5 Å². The lowest BCUT2D eigenvalue weighted by Gasteiger charge is -2.37. The number of nitrogens with zero attached hydrogens (tertiary/aromatic N) is 1. The summed E-state index contributed by atoms with van der Waals surface area (Å²) in [5.41, 5.74) is 2.41. The van der Waals surface area contributed by atoms with Gasteiger partial charge in [-0.15, -0.1) is 0 Å². The minimum atomic E-state index is -0.663. The second kappa shape index (κ2) is 8.60. The number of rotatable bonds is 5. The van der Waals surface area contributed by atoms with E-state index in [4.69, 9.17) is 4.74 Å². The van der Waals surface area contributed by atoms with E-state index in [1.807, 2.05) is 0 Å². The molecular weight excluding hydrogens is 419 g/mol. The zero-order valence-corrected chi connectivity index (χ0v) is 17.5. The second-order valence-corrected chi connectivity index (χ2v) is 8.55.